The Kier molecular flexibility index (Phi) is 4.59. The summed E-state index contributed by atoms with van der Waals surface area (Å²) < 4.78 is 0. The molecule has 2 rings (SSSR count). The molecule has 0 aliphatic rings. The zero-order chi connectivity index (χ0) is 15.4. The Labute approximate surface area is 124 Å². The van der Waals surface area contributed by atoms with Crippen LogP contribution in [0.4, 0.5) is 16.2 Å². The number of hydrogen-bond acceptors (Lipinski definition) is 3. The zero-order valence-electron chi connectivity index (χ0n) is 12.7. The maximum absolute atomic E-state index is 12.0. The minimum Gasteiger partial charge on any atom is -0.313 e. The zero-order valence-corrected chi connectivity index (χ0v) is 12.7. The number of rotatable bonds is 4. The molecule has 1 unspecified atom stereocenters. The number of H-pyrrole nitrogens is 1. The summed E-state index contributed by atoms with van der Waals surface area (Å²) in [5, 5.41) is 15.7. The third-order valence-electron chi connectivity index (χ3n) is 3.47. The van der Waals surface area contributed by atoms with Crippen molar-refractivity contribution in [3.05, 3.63) is 41.2 Å². The standard InChI is InChI=1S/C15H21N5O/c1-9(16-4)12-5-7-13(8-6-12)17-15(21)18-14-10(2)19-20-11(14)3/h5-9,16H,1-4H3,(H,19,20)(H2,17,18,21). The molecular weight excluding hydrogens is 266 g/mol. The van der Waals surface area contributed by atoms with E-state index in [1.807, 2.05) is 45.2 Å². The molecular formula is C15H21N5O. The van der Waals surface area contributed by atoms with Gasteiger partial charge in [-0.1, -0.05) is 12.1 Å². The normalized spacial score (nSPS) is 12.0. The minimum absolute atomic E-state index is 0.281. The second-order valence-corrected chi connectivity index (χ2v) is 5.02. The Morgan fingerprint density at radius 2 is 1.86 bits per heavy atom. The van der Waals surface area contributed by atoms with Gasteiger partial charge in [-0.15, -0.1) is 0 Å². The first kappa shape index (κ1) is 15.1. The number of carbonyl (C=O) groups excluding carboxylic acids is 1. The van der Waals surface area contributed by atoms with Crippen LogP contribution in [0.25, 0.3) is 0 Å². The molecule has 4 N–H and O–H groups in total. The lowest BCUT2D eigenvalue weighted by Gasteiger charge is -2.12. The second kappa shape index (κ2) is 6.41. The summed E-state index contributed by atoms with van der Waals surface area (Å²) in [7, 11) is 1.92. The Balaban J connectivity index is 2.00. The van der Waals surface area contributed by atoms with Gasteiger partial charge >= 0.3 is 6.03 Å². The number of nitrogens with zero attached hydrogens (tertiary/aromatic N) is 1. The van der Waals surface area contributed by atoms with E-state index in [4.69, 9.17) is 0 Å². The summed E-state index contributed by atoms with van der Waals surface area (Å²) in [5.74, 6) is 0. The van der Waals surface area contributed by atoms with Crippen molar-refractivity contribution in [3.8, 4) is 0 Å². The van der Waals surface area contributed by atoms with Gasteiger partial charge < -0.3 is 16.0 Å². The van der Waals surface area contributed by atoms with Gasteiger partial charge in [0.1, 0.15) is 0 Å². The summed E-state index contributed by atoms with van der Waals surface area (Å²) in [6.07, 6.45) is 0. The predicted octanol–water partition coefficient (Wildman–Crippen LogP) is 2.95. The molecule has 0 radical (unpaired) electrons. The molecule has 1 heterocycles. The fraction of sp³-hybridized carbons (Fsp3) is 0.333. The molecule has 21 heavy (non-hydrogen) atoms. The van der Waals surface area contributed by atoms with Crippen molar-refractivity contribution in [3.63, 3.8) is 0 Å². The average Bonchev–Trinajstić information content (AvgIpc) is 2.79. The van der Waals surface area contributed by atoms with E-state index in [2.05, 4.69) is 33.1 Å². The van der Waals surface area contributed by atoms with Gasteiger partial charge in [0.2, 0.25) is 0 Å². The number of aromatic nitrogens is 2. The van der Waals surface area contributed by atoms with E-state index < -0.39 is 0 Å². The molecule has 2 aromatic rings. The molecule has 6 nitrogen and oxygen atoms in total. The van der Waals surface area contributed by atoms with Gasteiger partial charge in [-0.05, 0) is 45.5 Å². The lowest BCUT2D eigenvalue weighted by atomic mass is 10.1. The van der Waals surface area contributed by atoms with Gasteiger partial charge in [0.05, 0.1) is 17.1 Å². The molecule has 1 aromatic heterocycles. The topological polar surface area (TPSA) is 81.8 Å². The molecule has 6 heteroatoms. The summed E-state index contributed by atoms with van der Waals surface area (Å²) in [6, 6.07) is 7.76. The van der Waals surface area contributed by atoms with E-state index in [-0.39, 0.29) is 12.1 Å². The van der Waals surface area contributed by atoms with Crippen LogP contribution in [0.3, 0.4) is 0 Å². The third-order valence-corrected chi connectivity index (χ3v) is 3.47. The summed E-state index contributed by atoms with van der Waals surface area (Å²) >= 11 is 0. The van der Waals surface area contributed by atoms with Gasteiger partial charge in [0.15, 0.2) is 0 Å². The maximum Gasteiger partial charge on any atom is 0.323 e. The van der Waals surface area contributed by atoms with Gasteiger partial charge in [-0.25, -0.2) is 4.79 Å². The number of anilines is 2. The van der Waals surface area contributed by atoms with Crippen molar-refractivity contribution >= 4 is 17.4 Å². The molecule has 0 aliphatic carbocycles. The van der Waals surface area contributed by atoms with Crippen LogP contribution in [0.1, 0.15) is 29.9 Å². The largest absolute Gasteiger partial charge is 0.323 e. The molecule has 112 valence electrons. The SMILES string of the molecule is CNC(C)c1ccc(NC(=O)Nc2c(C)n[nH]c2C)cc1. The number of aryl methyl sites for hydroxylation is 2. The predicted molar refractivity (Wildman–Crippen MR) is 84.6 cm³/mol. The number of hydrogen-bond donors (Lipinski definition) is 4. The minimum atomic E-state index is -0.281. The maximum atomic E-state index is 12.0. The lowest BCUT2D eigenvalue weighted by molar-refractivity contribution is 0.262. The number of carbonyl (C=O) groups is 1. The molecule has 2 amide bonds. The van der Waals surface area contributed by atoms with E-state index in [1.165, 1.54) is 5.56 Å². The van der Waals surface area contributed by atoms with E-state index in [0.29, 0.717) is 5.69 Å². The highest BCUT2D eigenvalue weighted by atomic mass is 16.2. The van der Waals surface area contributed by atoms with Crippen molar-refractivity contribution in [1.82, 2.24) is 15.5 Å². The van der Waals surface area contributed by atoms with Gasteiger partial charge in [0, 0.05) is 11.7 Å². The van der Waals surface area contributed by atoms with Crippen LogP contribution < -0.4 is 16.0 Å². The summed E-state index contributed by atoms with van der Waals surface area (Å²) in [6.45, 7) is 5.79. The number of urea groups is 1. The van der Waals surface area contributed by atoms with Crippen molar-refractivity contribution in [2.45, 2.75) is 26.8 Å². The first-order valence-electron chi connectivity index (χ1n) is 6.88. The third kappa shape index (κ3) is 3.61. The van der Waals surface area contributed by atoms with Crippen molar-refractivity contribution in [2.75, 3.05) is 17.7 Å². The molecule has 0 spiro atoms. The first-order chi connectivity index (χ1) is 10.0. The number of aromatic amines is 1. The molecule has 0 saturated carbocycles. The second-order valence-electron chi connectivity index (χ2n) is 5.02. The smallest absolute Gasteiger partial charge is 0.313 e. The highest BCUT2D eigenvalue weighted by molar-refractivity contribution is 6.00. The molecule has 0 bridgehead atoms. The Morgan fingerprint density at radius 1 is 1.19 bits per heavy atom. The summed E-state index contributed by atoms with van der Waals surface area (Å²) in [4.78, 5) is 12.0. The van der Waals surface area contributed by atoms with Crippen LogP contribution in [-0.2, 0) is 0 Å². The molecule has 0 saturated heterocycles. The van der Waals surface area contributed by atoms with Crippen LogP contribution in [-0.4, -0.2) is 23.3 Å². The Morgan fingerprint density at radius 3 is 2.38 bits per heavy atom. The highest BCUT2D eigenvalue weighted by Crippen LogP contribution is 2.18. The lowest BCUT2D eigenvalue weighted by Crippen LogP contribution is -2.20. The van der Waals surface area contributed by atoms with Crippen LogP contribution in [0.2, 0.25) is 0 Å². The number of nitrogens with one attached hydrogen (secondary N) is 4. The van der Waals surface area contributed by atoms with Crippen LogP contribution >= 0.6 is 0 Å². The van der Waals surface area contributed by atoms with Crippen LogP contribution in [0.5, 0.6) is 0 Å². The Hall–Kier alpha value is -2.34. The molecule has 1 aromatic carbocycles. The van der Waals surface area contributed by atoms with E-state index >= 15 is 0 Å². The quantitative estimate of drug-likeness (QED) is 0.698. The van der Waals surface area contributed by atoms with E-state index in [0.717, 1.165) is 17.1 Å². The van der Waals surface area contributed by atoms with Crippen LogP contribution in [0, 0.1) is 13.8 Å². The first-order valence-corrected chi connectivity index (χ1v) is 6.88. The van der Waals surface area contributed by atoms with Crippen molar-refractivity contribution in [2.24, 2.45) is 0 Å². The number of amides is 2. The Bertz CT molecular complexity index is 598. The van der Waals surface area contributed by atoms with Gasteiger partial charge in [0.25, 0.3) is 0 Å². The molecule has 0 aliphatic heterocycles. The average molecular weight is 287 g/mol. The molecule has 0 fully saturated rings. The van der Waals surface area contributed by atoms with Gasteiger partial charge in [-0.2, -0.15) is 5.10 Å². The molecule has 1 atom stereocenters. The number of benzene rings is 1. The highest BCUT2D eigenvalue weighted by Gasteiger charge is 2.10. The fourth-order valence-electron chi connectivity index (χ4n) is 2.03. The fourth-order valence-corrected chi connectivity index (χ4v) is 2.03. The van der Waals surface area contributed by atoms with Gasteiger partial charge in [-0.3, -0.25) is 5.10 Å². The summed E-state index contributed by atoms with van der Waals surface area (Å²) in [5.41, 5.74) is 4.23. The van der Waals surface area contributed by atoms with Crippen molar-refractivity contribution < 1.29 is 4.79 Å². The van der Waals surface area contributed by atoms with E-state index in [9.17, 15) is 4.79 Å². The van der Waals surface area contributed by atoms with Crippen molar-refractivity contribution in [1.29, 1.82) is 0 Å². The monoisotopic (exact) mass is 287 g/mol. The van der Waals surface area contributed by atoms with Crippen LogP contribution in [0.15, 0.2) is 24.3 Å². The van der Waals surface area contributed by atoms with E-state index in [1.54, 1.807) is 0 Å².